The topological polar surface area (TPSA) is 72.5 Å². The van der Waals surface area contributed by atoms with Gasteiger partial charge in [-0.2, -0.15) is 0 Å². The number of anilines is 1. The summed E-state index contributed by atoms with van der Waals surface area (Å²) in [6.45, 7) is 1.45. The first-order chi connectivity index (χ1) is 11.2. The molecule has 128 valence electrons. The number of sulfone groups is 1. The molecular formula is C16H15BrFNO4S. The number of halogens is 2. The van der Waals surface area contributed by atoms with Crippen LogP contribution in [-0.2, 0) is 14.6 Å². The maximum absolute atomic E-state index is 13.0. The smallest absolute Gasteiger partial charge is 0.262 e. The van der Waals surface area contributed by atoms with Crippen LogP contribution in [0.4, 0.5) is 10.1 Å². The zero-order valence-electron chi connectivity index (χ0n) is 13.0. The molecule has 8 heteroatoms. The van der Waals surface area contributed by atoms with Crippen molar-refractivity contribution < 1.29 is 22.3 Å². The fraction of sp³-hybridized carbons (Fsp3) is 0.188. The molecule has 5 nitrogen and oxygen atoms in total. The zero-order chi connectivity index (χ0) is 17.9. The predicted octanol–water partition coefficient (Wildman–Crippen LogP) is 3.32. The van der Waals surface area contributed by atoms with E-state index in [1.54, 1.807) is 13.0 Å². The molecule has 0 spiro atoms. The lowest BCUT2D eigenvalue weighted by Gasteiger charge is -2.11. The van der Waals surface area contributed by atoms with Crippen LogP contribution in [0.5, 0.6) is 5.75 Å². The van der Waals surface area contributed by atoms with E-state index in [1.165, 1.54) is 30.3 Å². The Morgan fingerprint density at radius 2 is 1.96 bits per heavy atom. The number of carbonyl (C=O) groups excluding carboxylic acids is 1. The average Bonchev–Trinajstić information content (AvgIpc) is 2.47. The van der Waals surface area contributed by atoms with Crippen molar-refractivity contribution in [3.63, 3.8) is 0 Å². The molecule has 0 aliphatic rings. The fourth-order valence-corrected chi connectivity index (χ4v) is 3.00. The maximum Gasteiger partial charge on any atom is 0.262 e. The minimum Gasteiger partial charge on any atom is -0.483 e. The van der Waals surface area contributed by atoms with E-state index in [2.05, 4.69) is 21.2 Å². The molecule has 2 rings (SSSR count). The summed E-state index contributed by atoms with van der Waals surface area (Å²) in [6.07, 6.45) is 1.10. The molecule has 0 aromatic heterocycles. The van der Waals surface area contributed by atoms with Gasteiger partial charge in [0.1, 0.15) is 11.6 Å². The first-order valence-corrected chi connectivity index (χ1v) is 9.53. The van der Waals surface area contributed by atoms with Gasteiger partial charge < -0.3 is 10.1 Å². The molecule has 2 aromatic carbocycles. The number of benzene rings is 2. The van der Waals surface area contributed by atoms with Crippen molar-refractivity contribution >= 4 is 37.4 Å². The first kappa shape index (κ1) is 18.4. The van der Waals surface area contributed by atoms with Crippen molar-refractivity contribution in [3.8, 4) is 5.75 Å². The number of aryl methyl sites for hydroxylation is 1. The van der Waals surface area contributed by atoms with Crippen LogP contribution < -0.4 is 10.1 Å². The molecule has 0 aliphatic heterocycles. The highest BCUT2D eigenvalue weighted by Gasteiger charge is 2.12. The Balaban J connectivity index is 2.07. The van der Waals surface area contributed by atoms with Crippen molar-refractivity contribution in [3.05, 3.63) is 52.3 Å². The third-order valence-electron chi connectivity index (χ3n) is 3.16. The highest BCUT2D eigenvalue weighted by Crippen LogP contribution is 2.25. The lowest BCUT2D eigenvalue weighted by molar-refractivity contribution is -0.118. The summed E-state index contributed by atoms with van der Waals surface area (Å²) in [4.78, 5) is 12.1. The molecule has 0 fully saturated rings. The predicted molar refractivity (Wildman–Crippen MR) is 92.5 cm³/mol. The van der Waals surface area contributed by atoms with Gasteiger partial charge in [0.25, 0.3) is 5.91 Å². The minimum atomic E-state index is -3.37. The van der Waals surface area contributed by atoms with Crippen molar-refractivity contribution in [2.75, 3.05) is 18.2 Å². The number of hydrogen-bond acceptors (Lipinski definition) is 4. The molecule has 0 saturated heterocycles. The minimum absolute atomic E-state index is 0.116. The van der Waals surface area contributed by atoms with Crippen LogP contribution >= 0.6 is 15.9 Å². The van der Waals surface area contributed by atoms with Crippen molar-refractivity contribution in [1.82, 2.24) is 0 Å². The quantitative estimate of drug-likeness (QED) is 0.812. The Morgan fingerprint density at radius 1 is 1.25 bits per heavy atom. The second-order valence-electron chi connectivity index (χ2n) is 5.16. The van der Waals surface area contributed by atoms with Gasteiger partial charge in [-0.1, -0.05) is 6.07 Å². The van der Waals surface area contributed by atoms with Crippen LogP contribution in [-0.4, -0.2) is 27.2 Å². The van der Waals surface area contributed by atoms with Crippen molar-refractivity contribution in [2.24, 2.45) is 0 Å². The Bertz CT molecular complexity index is 884. The monoisotopic (exact) mass is 415 g/mol. The van der Waals surface area contributed by atoms with Gasteiger partial charge in [-0.3, -0.25) is 4.79 Å². The van der Waals surface area contributed by atoms with Gasteiger partial charge in [-0.15, -0.1) is 0 Å². The summed E-state index contributed by atoms with van der Waals surface area (Å²) in [5, 5.41) is 2.61. The largest absolute Gasteiger partial charge is 0.483 e. The second-order valence-corrected chi connectivity index (χ2v) is 8.03. The molecule has 0 bridgehead atoms. The Morgan fingerprint density at radius 3 is 2.58 bits per heavy atom. The molecule has 1 amide bonds. The van der Waals surface area contributed by atoms with Crippen LogP contribution in [0.25, 0.3) is 0 Å². The van der Waals surface area contributed by atoms with E-state index < -0.39 is 21.6 Å². The lowest BCUT2D eigenvalue weighted by Crippen LogP contribution is -2.21. The molecule has 0 radical (unpaired) electrons. The van der Waals surface area contributed by atoms with E-state index in [9.17, 15) is 17.6 Å². The number of carbonyl (C=O) groups is 1. The first-order valence-electron chi connectivity index (χ1n) is 6.85. The van der Waals surface area contributed by atoms with Crippen molar-refractivity contribution in [1.29, 1.82) is 0 Å². The molecular weight excluding hydrogens is 401 g/mol. The van der Waals surface area contributed by atoms with Gasteiger partial charge in [-0.05, 0) is 58.7 Å². The fourth-order valence-electron chi connectivity index (χ4n) is 1.89. The summed E-state index contributed by atoms with van der Waals surface area (Å²) >= 11 is 3.14. The molecule has 0 atom stereocenters. The standard InChI is InChI=1S/C16H15BrFNO4S/c1-10-3-5-12(24(2,21)22)8-14(10)19-16(20)9-23-15-6-4-11(18)7-13(15)17/h3-8H,9H2,1-2H3,(H,19,20). The van der Waals surface area contributed by atoms with Crippen LogP contribution in [0.15, 0.2) is 45.8 Å². The van der Waals surface area contributed by atoms with Crippen LogP contribution in [0.2, 0.25) is 0 Å². The second kappa shape index (κ2) is 7.31. The zero-order valence-corrected chi connectivity index (χ0v) is 15.4. The van der Waals surface area contributed by atoms with Crippen LogP contribution in [0.3, 0.4) is 0 Å². The molecule has 0 saturated carbocycles. The lowest BCUT2D eigenvalue weighted by atomic mass is 10.2. The van der Waals surface area contributed by atoms with E-state index in [4.69, 9.17) is 4.74 Å². The van der Waals surface area contributed by atoms with E-state index in [1.807, 2.05) is 0 Å². The van der Waals surface area contributed by atoms with Crippen molar-refractivity contribution in [2.45, 2.75) is 11.8 Å². The molecule has 1 N–H and O–H groups in total. The Labute approximate surface area is 147 Å². The molecule has 0 aliphatic carbocycles. The van der Waals surface area contributed by atoms with Crippen LogP contribution in [0.1, 0.15) is 5.56 Å². The van der Waals surface area contributed by atoms with Crippen LogP contribution in [0, 0.1) is 12.7 Å². The van der Waals surface area contributed by atoms with Gasteiger partial charge in [0.2, 0.25) is 0 Å². The summed E-state index contributed by atoms with van der Waals surface area (Å²) in [5.41, 5.74) is 1.11. The normalized spacial score (nSPS) is 11.2. The van der Waals surface area contributed by atoms with Gasteiger partial charge in [0, 0.05) is 11.9 Å². The average molecular weight is 416 g/mol. The van der Waals surface area contributed by atoms with Gasteiger partial charge in [0.15, 0.2) is 16.4 Å². The summed E-state index contributed by atoms with van der Waals surface area (Å²) in [7, 11) is -3.37. The number of amides is 1. The Hall–Kier alpha value is -1.93. The van der Waals surface area contributed by atoms with Gasteiger partial charge >= 0.3 is 0 Å². The van der Waals surface area contributed by atoms with Gasteiger partial charge in [0.05, 0.1) is 9.37 Å². The van der Waals surface area contributed by atoms with E-state index in [-0.39, 0.29) is 11.5 Å². The summed E-state index contributed by atoms with van der Waals surface area (Å²) < 4.78 is 41.9. The van der Waals surface area contributed by atoms with E-state index in [0.717, 1.165) is 11.8 Å². The SMILES string of the molecule is Cc1ccc(S(C)(=O)=O)cc1NC(=O)COc1ccc(F)cc1Br. The third kappa shape index (κ3) is 4.78. The van der Waals surface area contributed by atoms with Gasteiger partial charge in [-0.25, -0.2) is 12.8 Å². The number of nitrogens with one attached hydrogen (secondary N) is 1. The van der Waals surface area contributed by atoms with E-state index >= 15 is 0 Å². The maximum atomic E-state index is 13.0. The number of rotatable bonds is 5. The summed E-state index contributed by atoms with van der Waals surface area (Å²) in [6, 6.07) is 8.35. The number of hydrogen-bond donors (Lipinski definition) is 1. The summed E-state index contributed by atoms with van der Waals surface area (Å²) in [5.74, 6) is -0.556. The highest BCUT2D eigenvalue weighted by molar-refractivity contribution is 9.10. The van der Waals surface area contributed by atoms with E-state index in [0.29, 0.717) is 15.9 Å². The Kier molecular flexibility index (Phi) is 5.61. The molecule has 24 heavy (non-hydrogen) atoms. The molecule has 0 unspecified atom stereocenters. The third-order valence-corrected chi connectivity index (χ3v) is 4.89. The number of ether oxygens (including phenoxy) is 1. The molecule has 0 heterocycles. The highest BCUT2D eigenvalue weighted by atomic mass is 79.9. The molecule has 2 aromatic rings.